The van der Waals surface area contributed by atoms with Crippen LogP contribution in [0.5, 0.6) is 5.75 Å². The second-order valence-corrected chi connectivity index (χ2v) is 5.23. The number of hydrogen-bond donors (Lipinski definition) is 2. The Hall–Kier alpha value is -1.06. The van der Waals surface area contributed by atoms with Gasteiger partial charge in [-0.2, -0.15) is 0 Å². The molecule has 0 amide bonds. The van der Waals surface area contributed by atoms with Gasteiger partial charge in [-0.25, -0.2) is 0 Å². The molecule has 3 nitrogen and oxygen atoms in total. The molecule has 1 aromatic carbocycles. The van der Waals surface area contributed by atoms with Crippen molar-refractivity contribution in [3.8, 4) is 5.75 Å². The predicted octanol–water partition coefficient (Wildman–Crippen LogP) is 2.35. The Balaban J connectivity index is 2.27. The number of methoxy groups -OCH3 is 1. The van der Waals surface area contributed by atoms with E-state index in [0.29, 0.717) is 0 Å². The minimum atomic E-state index is -0.438. The molecule has 100 valence electrons. The van der Waals surface area contributed by atoms with Crippen molar-refractivity contribution in [3.63, 3.8) is 0 Å². The van der Waals surface area contributed by atoms with Crippen LogP contribution in [0.2, 0.25) is 0 Å². The van der Waals surface area contributed by atoms with E-state index in [9.17, 15) is 5.11 Å². The van der Waals surface area contributed by atoms with Crippen molar-refractivity contribution in [2.24, 2.45) is 5.92 Å². The van der Waals surface area contributed by atoms with E-state index in [0.717, 1.165) is 37.2 Å². The summed E-state index contributed by atoms with van der Waals surface area (Å²) in [4.78, 5) is 0. The molecule has 2 rings (SSSR count). The van der Waals surface area contributed by atoms with Crippen LogP contribution in [0.1, 0.15) is 35.6 Å². The normalized spacial score (nSPS) is 21.7. The van der Waals surface area contributed by atoms with Crippen molar-refractivity contribution < 1.29 is 9.84 Å². The molecule has 1 aliphatic heterocycles. The van der Waals surface area contributed by atoms with E-state index in [1.807, 2.05) is 6.07 Å². The average Bonchev–Trinajstić information content (AvgIpc) is 2.41. The highest BCUT2D eigenvalue weighted by Crippen LogP contribution is 2.34. The maximum atomic E-state index is 10.6. The third kappa shape index (κ3) is 2.68. The molecule has 0 aromatic heterocycles. The van der Waals surface area contributed by atoms with E-state index in [-0.39, 0.29) is 5.92 Å². The first-order chi connectivity index (χ1) is 8.63. The third-order valence-electron chi connectivity index (χ3n) is 3.95. The summed E-state index contributed by atoms with van der Waals surface area (Å²) in [7, 11) is 1.67. The van der Waals surface area contributed by atoms with E-state index in [1.54, 1.807) is 7.11 Å². The van der Waals surface area contributed by atoms with Gasteiger partial charge in [-0.15, -0.1) is 0 Å². The predicted molar refractivity (Wildman–Crippen MR) is 73.0 cm³/mol. The average molecular weight is 249 g/mol. The van der Waals surface area contributed by atoms with Crippen LogP contribution in [0.4, 0.5) is 0 Å². The molecule has 1 fully saturated rings. The van der Waals surface area contributed by atoms with Gasteiger partial charge in [0.05, 0.1) is 13.2 Å². The van der Waals surface area contributed by atoms with Crippen molar-refractivity contribution in [1.82, 2.24) is 5.32 Å². The van der Waals surface area contributed by atoms with E-state index < -0.39 is 6.10 Å². The first kappa shape index (κ1) is 13.4. The van der Waals surface area contributed by atoms with Crippen molar-refractivity contribution in [2.45, 2.75) is 32.8 Å². The van der Waals surface area contributed by atoms with E-state index in [1.165, 1.54) is 11.1 Å². The van der Waals surface area contributed by atoms with E-state index in [2.05, 4.69) is 25.2 Å². The highest BCUT2D eigenvalue weighted by Gasteiger charge is 2.25. The SMILES string of the molecule is COc1cc(C)c(C)cc1C(O)C1CCCNC1. The number of hydrogen-bond acceptors (Lipinski definition) is 3. The lowest BCUT2D eigenvalue weighted by Gasteiger charge is -2.28. The molecule has 2 atom stereocenters. The van der Waals surface area contributed by atoms with Gasteiger partial charge in [-0.1, -0.05) is 0 Å². The fourth-order valence-electron chi connectivity index (χ4n) is 2.62. The summed E-state index contributed by atoms with van der Waals surface area (Å²) in [5.41, 5.74) is 3.33. The molecule has 2 unspecified atom stereocenters. The molecule has 1 heterocycles. The van der Waals surface area contributed by atoms with Gasteiger partial charge in [-0.3, -0.25) is 0 Å². The fraction of sp³-hybridized carbons (Fsp3) is 0.600. The van der Waals surface area contributed by atoms with Gasteiger partial charge in [0.2, 0.25) is 0 Å². The molecule has 0 radical (unpaired) electrons. The quantitative estimate of drug-likeness (QED) is 0.864. The number of aliphatic hydroxyl groups excluding tert-OH is 1. The zero-order valence-electron chi connectivity index (χ0n) is 11.5. The topological polar surface area (TPSA) is 41.5 Å². The number of nitrogens with one attached hydrogen (secondary N) is 1. The van der Waals surface area contributed by atoms with Gasteiger partial charge in [-0.05, 0) is 56.5 Å². The fourth-order valence-corrected chi connectivity index (χ4v) is 2.62. The molecule has 0 spiro atoms. The monoisotopic (exact) mass is 249 g/mol. The van der Waals surface area contributed by atoms with Crippen molar-refractivity contribution in [2.75, 3.05) is 20.2 Å². The molecular formula is C15H23NO2. The van der Waals surface area contributed by atoms with Crippen molar-refractivity contribution in [1.29, 1.82) is 0 Å². The minimum absolute atomic E-state index is 0.287. The van der Waals surface area contributed by atoms with Gasteiger partial charge in [0.25, 0.3) is 0 Å². The first-order valence-electron chi connectivity index (χ1n) is 6.67. The summed E-state index contributed by atoms with van der Waals surface area (Å²) in [6.45, 7) is 6.09. The van der Waals surface area contributed by atoms with Crippen molar-refractivity contribution >= 4 is 0 Å². The van der Waals surface area contributed by atoms with Crippen LogP contribution in [-0.2, 0) is 0 Å². The minimum Gasteiger partial charge on any atom is -0.496 e. The molecular weight excluding hydrogens is 226 g/mol. The van der Waals surface area contributed by atoms with E-state index >= 15 is 0 Å². The molecule has 1 aliphatic rings. The number of rotatable bonds is 3. The van der Waals surface area contributed by atoms with Crippen LogP contribution < -0.4 is 10.1 Å². The third-order valence-corrected chi connectivity index (χ3v) is 3.95. The molecule has 0 saturated carbocycles. The Kier molecular flexibility index (Phi) is 4.25. The number of aliphatic hydroxyl groups is 1. The smallest absolute Gasteiger partial charge is 0.124 e. The molecule has 0 aliphatic carbocycles. The van der Waals surface area contributed by atoms with Gasteiger partial charge in [0, 0.05) is 18.0 Å². The molecule has 2 N–H and O–H groups in total. The van der Waals surface area contributed by atoms with Crippen LogP contribution in [0.3, 0.4) is 0 Å². The van der Waals surface area contributed by atoms with Gasteiger partial charge >= 0.3 is 0 Å². The molecule has 3 heteroatoms. The highest BCUT2D eigenvalue weighted by atomic mass is 16.5. The Morgan fingerprint density at radius 1 is 1.33 bits per heavy atom. The Bertz CT molecular complexity index is 411. The lowest BCUT2D eigenvalue weighted by Crippen LogP contribution is -2.33. The van der Waals surface area contributed by atoms with Gasteiger partial charge < -0.3 is 15.2 Å². The summed E-state index contributed by atoms with van der Waals surface area (Å²) < 4.78 is 5.41. The van der Waals surface area contributed by atoms with Crippen LogP contribution >= 0.6 is 0 Å². The Labute approximate surface area is 109 Å². The molecule has 1 aromatic rings. The summed E-state index contributed by atoms with van der Waals surface area (Å²) in [6.07, 6.45) is 1.77. The first-order valence-corrected chi connectivity index (χ1v) is 6.67. The molecule has 18 heavy (non-hydrogen) atoms. The highest BCUT2D eigenvalue weighted by molar-refractivity contribution is 5.43. The van der Waals surface area contributed by atoms with Crippen LogP contribution in [0, 0.1) is 19.8 Å². The second kappa shape index (κ2) is 5.72. The zero-order valence-corrected chi connectivity index (χ0v) is 11.5. The lowest BCUT2D eigenvalue weighted by atomic mass is 9.88. The lowest BCUT2D eigenvalue weighted by molar-refractivity contribution is 0.0896. The number of ether oxygens (including phenoxy) is 1. The number of piperidine rings is 1. The van der Waals surface area contributed by atoms with E-state index in [4.69, 9.17) is 4.74 Å². The summed E-state index contributed by atoms with van der Waals surface area (Å²) in [5.74, 6) is 1.09. The summed E-state index contributed by atoms with van der Waals surface area (Å²) >= 11 is 0. The molecule has 0 bridgehead atoms. The Morgan fingerprint density at radius 3 is 2.67 bits per heavy atom. The number of benzene rings is 1. The van der Waals surface area contributed by atoms with Crippen LogP contribution in [0.25, 0.3) is 0 Å². The van der Waals surface area contributed by atoms with Crippen LogP contribution in [-0.4, -0.2) is 25.3 Å². The second-order valence-electron chi connectivity index (χ2n) is 5.23. The van der Waals surface area contributed by atoms with Gasteiger partial charge in [0.15, 0.2) is 0 Å². The maximum absolute atomic E-state index is 10.6. The van der Waals surface area contributed by atoms with Crippen molar-refractivity contribution in [3.05, 3.63) is 28.8 Å². The molecule has 1 saturated heterocycles. The standard InChI is InChI=1S/C15H23NO2/c1-10-7-13(14(18-3)8-11(10)2)15(17)12-5-4-6-16-9-12/h7-8,12,15-17H,4-6,9H2,1-3H3. The summed E-state index contributed by atoms with van der Waals surface area (Å²) in [5, 5.41) is 13.9. The maximum Gasteiger partial charge on any atom is 0.124 e. The largest absolute Gasteiger partial charge is 0.496 e. The zero-order chi connectivity index (χ0) is 13.1. The van der Waals surface area contributed by atoms with Gasteiger partial charge in [0.1, 0.15) is 5.75 Å². The number of aryl methyl sites for hydroxylation is 2. The van der Waals surface area contributed by atoms with Crippen LogP contribution in [0.15, 0.2) is 12.1 Å². The Morgan fingerprint density at radius 2 is 2.06 bits per heavy atom. The summed E-state index contributed by atoms with van der Waals surface area (Å²) in [6, 6.07) is 4.08.